The van der Waals surface area contributed by atoms with Crippen molar-refractivity contribution >= 4 is 6.29 Å². The van der Waals surface area contributed by atoms with Crippen molar-refractivity contribution in [1.29, 1.82) is 0 Å². The third-order valence-corrected chi connectivity index (χ3v) is 1.95. The summed E-state index contributed by atoms with van der Waals surface area (Å²) in [4.78, 5) is 10.5. The van der Waals surface area contributed by atoms with Gasteiger partial charge >= 0.3 is 0 Å². The highest BCUT2D eigenvalue weighted by Crippen LogP contribution is 2.04. The van der Waals surface area contributed by atoms with E-state index in [1.54, 1.807) is 19.2 Å². The van der Waals surface area contributed by atoms with E-state index in [9.17, 15) is 4.79 Å². The van der Waals surface area contributed by atoms with Crippen LogP contribution in [-0.2, 0) is 20.8 Å². The van der Waals surface area contributed by atoms with Gasteiger partial charge in [-0.3, -0.25) is 4.79 Å². The van der Waals surface area contributed by atoms with E-state index in [0.717, 1.165) is 11.8 Å². The van der Waals surface area contributed by atoms with Gasteiger partial charge in [0.25, 0.3) is 0 Å². The van der Waals surface area contributed by atoms with E-state index in [0.29, 0.717) is 25.4 Å². The molecule has 0 spiro atoms. The summed E-state index contributed by atoms with van der Waals surface area (Å²) in [7, 11) is 1.62. The summed E-state index contributed by atoms with van der Waals surface area (Å²) in [5, 5.41) is 0. The third-order valence-electron chi connectivity index (χ3n) is 1.95. The smallest absolute Gasteiger partial charge is 0.150 e. The lowest BCUT2D eigenvalue weighted by molar-refractivity contribution is -0.0724. The number of aldehydes is 1. The van der Waals surface area contributed by atoms with Gasteiger partial charge in [0, 0.05) is 12.7 Å². The van der Waals surface area contributed by atoms with Gasteiger partial charge in [-0.1, -0.05) is 18.2 Å². The molecule has 0 aromatic heterocycles. The van der Waals surface area contributed by atoms with Crippen molar-refractivity contribution in [3.63, 3.8) is 0 Å². The lowest BCUT2D eigenvalue weighted by Crippen LogP contribution is -2.05. The molecular weight excluding hydrogens is 208 g/mol. The minimum Gasteiger partial charge on any atom is -0.382 e. The van der Waals surface area contributed by atoms with E-state index in [2.05, 4.69) is 0 Å². The van der Waals surface area contributed by atoms with Crippen LogP contribution in [0.4, 0.5) is 0 Å². The van der Waals surface area contributed by atoms with E-state index in [4.69, 9.17) is 14.2 Å². The van der Waals surface area contributed by atoms with Crippen LogP contribution in [0.25, 0.3) is 0 Å². The van der Waals surface area contributed by atoms with E-state index in [1.165, 1.54) is 0 Å². The van der Waals surface area contributed by atoms with Crippen molar-refractivity contribution in [2.45, 2.75) is 6.61 Å². The molecule has 0 aliphatic heterocycles. The average Bonchev–Trinajstić information content (AvgIpc) is 2.34. The maximum absolute atomic E-state index is 10.5. The predicted octanol–water partition coefficient (Wildman–Crippen LogP) is 1.64. The van der Waals surface area contributed by atoms with Gasteiger partial charge in [-0.05, 0) is 11.6 Å². The second-order valence-electron chi connectivity index (χ2n) is 3.23. The van der Waals surface area contributed by atoms with Gasteiger partial charge in [0.15, 0.2) is 0 Å². The Labute approximate surface area is 95.1 Å². The van der Waals surface area contributed by atoms with Crippen LogP contribution in [0, 0.1) is 0 Å². The Hall–Kier alpha value is -1.23. The van der Waals surface area contributed by atoms with Crippen LogP contribution in [0.3, 0.4) is 0 Å². The van der Waals surface area contributed by atoms with Gasteiger partial charge in [-0.2, -0.15) is 0 Å². The molecule has 4 nitrogen and oxygen atoms in total. The quantitative estimate of drug-likeness (QED) is 0.382. The molecule has 0 heterocycles. The van der Waals surface area contributed by atoms with Gasteiger partial charge in [-0.25, -0.2) is 0 Å². The lowest BCUT2D eigenvalue weighted by Gasteiger charge is -2.05. The van der Waals surface area contributed by atoms with Crippen LogP contribution < -0.4 is 0 Å². The SMILES string of the molecule is COCCOCOCc1cccc(C=O)c1. The molecule has 0 N–H and O–H groups in total. The van der Waals surface area contributed by atoms with Crippen molar-refractivity contribution in [1.82, 2.24) is 0 Å². The topological polar surface area (TPSA) is 44.8 Å². The number of hydrogen-bond acceptors (Lipinski definition) is 4. The number of benzene rings is 1. The molecule has 0 aliphatic carbocycles. The molecular formula is C12H16O4. The molecule has 16 heavy (non-hydrogen) atoms. The van der Waals surface area contributed by atoms with E-state index in [1.807, 2.05) is 12.1 Å². The number of carbonyl (C=O) groups excluding carboxylic acids is 1. The fourth-order valence-electron chi connectivity index (χ4n) is 1.18. The first-order chi connectivity index (χ1) is 7.86. The first kappa shape index (κ1) is 12.8. The maximum atomic E-state index is 10.5. The third kappa shape index (κ3) is 5.02. The molecule has 0 saturated carbocycles. The molecule has 0 saturated heterocycles. The van der Waals surface area contributed by atoms with Crippen molar-refractivity contribution in [2.75, 3.05) is 27.1 Å². The van der Waals surface area contributed by atoms with Crippen LogP contribution in [0.15, 0.2) is 24.3 Å². The summed E-state index contributed by atoms with van der Waals surface area (Å²) in [5.41, 5.74) is 1.61. The van der Waals surface area contributed by atoms with Gasteiger partial charge in [0.05, 0.1) is 19.8 Å². The molecule has 0 amide bonds. The minimum absolute atomic E-state index is 0.231. The standard InChI is InChI=1S/C12H16O4/c1-14-5-6-15-10-16-9-12-4-2-3-11(7-12)8-13/h2-4,7-8H,5-6,9-10H2,1H3. The Morgan fingerprint density at radius 2 is 2.12 bits per heavy atom. The monoisotopic (exact) mass is 224 g/mol. The Morgan fingerprint density at radius 3 is 2.88 bits per heavy atom. The van der Waals surface area contributed by atoms with E-state index >= 15 is 0 Å². The molecule has 4 heteroatoms. The van der Waals surface area contributed by atoms with Crippen LogP contribution in [0.5, 0.6) is 0 Å². The largest absolute Gasteiger partial charge is 0.382 e. The molecule has 0 radical (unpaired) electrons. The molecule has 88 valence electrons. The second-order valence-corrected chi connectivity index (χ2v) is 3.23. The van der Waals surface area contributed by atoms with E-state index in [-0.39, 0.29) is 6.79 Å². The number of carbonyl (C=O) groups is 1. The summed E-state index contributed by atoms with van der Waals surface area (Å²) in [6, 6.07) is 7.28. The Bertz CT molecular complexity index is 312. The molecule has 0 unspecified atom stereocenters. The summed E-state index contributed by atoms with van der Waals surface area (Å²) < 4.78 is 15.2. The molecule has 1 aromatic rings. The van der Waals surface area contributed by atoms with E-state index < -0.39 is 0 Å². The predicted molar refractivity (Wildman–Crippen MR) is 59.3 cm³/mol. The number of rotatable bonds is 8. The highest BCUT2D eigenvalue weighted by atomic mass is 16.7. The lowest BCUT2D eigenvalue weighted by atomic mass is 10.1. The molecule has 1 aromatic carbocycles. The number of ether oxygens (including phenoxy) is 3. The fourth-order valence-corrected chi connectivity index (χ4v) is 1.18. The average molecular weight is 224 g/mol. The van der Waals surface area contributed by atoms with Crippen molar-refractivity contribution in [3.8, 4) is 0 Å². The molecule has 1 rings (SSSR count). The normalized spacial score (nSPS) is 10.3. The van der Waals surface area contributed by atoms with Gasteiger partial charge in [-0.15, -0.1) is 0 Å². The number of hydrogen-bond donors (Lipinski definition) is 0. The van der Waals surface area contributed by atoms with Crippen molar-refractivity contribution in [2.24, 2.45) is 0 Å². The van der Waals surface area contributed by atoms with Crippen LogP contribution in [0.1, 0.15) is 15.9 Å². The summed E-state index contributed by atoms with van der Waals surface area (Å²) in [6.45, 7) is 1.75. The second kappa shape index (κ2) is 7.98. The maximum Gasteiger partial charge on any atom is 0.150 e. The van der Waals surface area contributed by atoms with Crippen LogP contribution >= 0.6 is 0 Å². The molecule has 0 atom stereocenters. The summed E-state index contributed by atoms with van der Waals surface area (Å²) >= 11 is 0. The molecule has 0 bridgehead atoms. The highest BCUT2D eigenvalue weighted by Gasteiger charge is 1.95. The van der Waals surface area contributed by atoms with Gasteiger partial charge in [0.2, 0.25) is 0 Å². The van der Waals surface area contributed by atoms with Crippen molar-refractivity contribution < 1.29 is 19.0 Å². The summed E-state index contributed by atoms with van der Waals surface area (Å²) in [5.74, 6) is 0. The van der Waals surface area contributed by atoms with Crippen LogP contribution in [0.2, 0.25) is 0 Å². The van der Waals surface area contributed by atoms with Crippen LogP contribution in [-0.4, -0.2) is 33.4 Å². The van der Waals surface area contributed by atoms with Gasteiger partial charge < -0.3 is 14.2 Å². The zero-order chi connectivity index (χ0) is 11.6. The molecule has 0 aliphatic rings. The fraction of sp³-hybridized carbons (Fsp3) is 0.417. The zero-order valence-corrected chi connectivity index (χ0v) is 9.35. The zero-order valence-electron chi connectivity index (χ0n) is 9.35. The first-order valence-corrected chi connectivity index (χ1v) is 5.05. The molecule has 0 fully saturated rings. The Kier molecular flexibility index (Phi) is 6.41. The summed E-state index contributed by atoms with van der Waals surface area (Å²) in [6.07, 6.45) is 0.818. The van der Waals surface area contributed by atoms with Crippen molar-refractivity contribution in [3.05, 3.63) is 35.4 Å². The highest BCUT2D eigenvalue weighted by molar-refractivity contribution is 5.74. The number of methoxy groups -OCH3 is 1. The van der Waals surface area contributed by atoms with Gasteiger partial charge in [0.1, 0.15) is 13.1 Å². The Balaban J connectivity index is 2.18. The first-order valence-electron chi connectivity index (χ1n) is 5.05. The minimum atomic E-state index is 0.231. The Morgan fingerprint density at radius 1 is 1.25 bits per heavy atom.